The first kappa shape index (κ1) is 29.4. The number of nitrogens with one attached hydrogen (secondary N) is 1. The molecule has 2 fully saturated rings. The van der Waals surface area contributed by atoms with E-state index >= 15 is 0 Å². The minimum Gasteiger partial charge on any atom is -0.497 e. The Hall–Kier alpha value is -4.33. The Morgan fingerprint density at radius 3 is 2.51 bits per heavy atom. The predicted molar refractivity (Wildman–Crippen MR) is 177 cm³/mol. The average Bonchev–Trinajstić information content (AvgIpc) is 3.53. The summed E-state index contributed by atoms with van der Waals surface area (Å²) in [4.78, 5) is 25.9. The van der Waals surface area contributed by atoms with Crippen LogP contribution in [0, 0.1) is 5.92 Å². The molecule has 2 aliphatic carbocycles. The number of aromatic carboxylic acids is 1. The van der Waals surface area contributed by atoms with Crippen molar-refractivity contribution in [1.82, 2.24) is 19.7 Å². The van der Waals surface area contributed by atoms with Gasteiger partial charge in [0.25, 0.3) is 5.91 Å². The Kier molecular flexibility index (Phi) is 7.76. The number of carbonyl (C=O) groups excluding carboxylic acids is 1. The first-order chi connectivity index (χ1) is 21.8. The third-order valence-corrected chi connectivity index (χ3v) is 9.97. The van der Waals surface area contributed by atoms with E-state index in [9.17, 15) is 14.7 Å². The molecular weight excluding hydrogens is 564 g/mol. The van der Waals surface area contributed by atoms with Crippen LogP contribution < -0.4 is 10.1 Å². The highest BCUT2D eigenvalue weighted by Crippen LogP contribution is 2.48. The number of methoxy groups -OCH3 is 1. The predicted octanol–water partition coefficient (Wildman–Crippen LogP) is 7.92. The van der Waals surface area contributed by atoms with Crippen molar-refractivity contribution in [2.45, 2.75) is 83.7 Å². The molecule has 1 amide bonds. The second-order valence-corrected chi connectivity index (χ2v) is 13.4. The molecule has 8 nitrogen and oxygen atoms in total. The zero-order valence-corrected chi connectivity index (χ0v) is 26.4. The maximum absolute atomic E-state index is 13.3. The number of amides is 1. The summed E-state index contributed by atoms with van der Waals surface area (Å²) in [5, 5.41) is 19.2. The highest BCUT2D eigenvalue weighted by atomic mass is 16.5. The Bertz CT molecular complexity index is 1820. The zero-order chi connectivity index (χ0) is 31.2. The number of ether oxygens (including phenoxy) is 1. The maximum Gasteiger partial charge on any atom is 0.339 e. The Morgan fingerprint density at radius 1 is 1.02 bits per heavy atom. The van der Waals surface area contributed by atoms with Crippen LogP contribution in [0.1, 0.15) is 115 Å². The largest absolute Gasteiger partial charge is 0.497 e. The molecule has 3 heterocycles. The van der Waals surface area contributed by atoms with Crippen molar-refractivity contribution < 1.29 is 19.4 Å². The molecule has 8 heteroatoms. The van der Waals surface area contributed by atoms with E-state index in [0.29, 0.717) is 36.2 Å². The minimum absolute atomic E-state index is 0.0777. The molecule has 1 aliphatic heterocycles. The molecule has 0 bridgehead atoms. The van der Waals surface area contributed by atoms with Crippen molar-refractivity contribution in [3.05, 3.63) is 70.5 Å². The molecule has 3 aliphatic rings. The lowest BCUT2D eigenvalue weighted by Crippen LogP contribution is -2.27. The number of rotatable bonds is 8. The summed E-state index contributed by atoms with van der Waals surface area (Å²) in [5.41, 5.74) is 8.01. The fraction of sp³-hybridized carbons (Fsp3) is 0.432. The molecule has 2 N–H and O–H groups in total. The summed E-state index contributed by atoms with van der Waals surface area (Å²) < 4.78 is 9.97. The van der Waals surface area contributed by atoms with Gasteiger partial charge >= 0.3 is 5.97 Å². The molecule has 2 saturated carbocycles. The van der Waals surface area contributed by atoms with Gasteiger partial charge in [-0.2, -0.15) is 5.10 Å². The van der Waals surface area contributed by atoms with Gasteiger partial charge in [0.05, 0.1) is 37.3 Å². The quantitative estimate of drug-likeness (QED) is 0.212. The summed E-state index contributed by atoms with van der Waals surface area (Å²) in [6.45, 7) is 5.26. The van der Waals surface area contributed by atoms with Crippen molar-refractivity contribution in [2.24, 2.45) is 5.92 Å². The number of hydrogen-bond donors (Lipinski definition) is 2. The number of aromatic nitrogens is 3. The normalized spacial score (nSPS) is 16.9. The van der Waals surface area contributed by atoms with Crippen LogP contribution >= 0.6 is 0 Å². The van der Waals surface area contributed by atoms with Gasteiger partial charge in [0.1, 0.15) is 11.3 Å². The van der Waals surface area contributed by atoms with E-state index < -0.39 is 5.97 Å². The Labute approximate surface area is 264 Å². The van der Waals surface area contributed by atoms with Crippen LogP contribution in [0.15, 0.2) is 42.6 Å². The van der Waals surface area contributed by atoms with Gasteiger partial charge in [-0.05, 0) is 97.0 Å². The van der Waals surface area contributed by atoms with Crippen molar-refractivity contribution in [1.29, 1.82) is 0 Å². The summed E-state index contributed by atoms with van der Waals surface area (Å²) in [5.74, 6) is 0.459. The number of carbonyl (C=O) groups is 2. The molecule has 0 spiro atoms. The number of benzene rings is 2. The molecule has 2 aromatic carbocycles. The molecule has 0 radical (unpaired) electrons. The molecule has 45 heavy (non-hydrogen) atoms. The molecule has 2 aromatic heterocycles. The maximum atomic E-state index is 13.3. The lowest BCUT2D eigenvalue weighted by Gasteiger charge is -2.28. The van der Waals surface area contributed by atoms with E-state index in [1.165, 1.54) is 36.4 Å². The zero-order valence-electron chi connectivity index (χ0n) is 26.4. The molecular formula is C37H42N4O4. The van der Waals surface area contributed by atoms with Crippen molar-refractivity contribution >= 4 is 34.4 Å². The topological polar surface area (TPSA) is 98.4 Å². The molecule has 0 saturated heterocycles. The van der Waals surface area contributed by atoms with Gasteiger partial charge in [-0.25, -0.2) is 4.79 Å². The van der Waals surface area contributed by atoms with E-state index in [-0.39, 0.29) is 17.5 Å². The number of hydrogen-bond acceptors (Lipinski definition) is 4. The lowest BCUT2D eigenvalue weighted by molar-refractivity contribution is 0.0696. The van der Waals surface area contributed by atoms with E-state index in [1.807, 2.05) is 22.9 Å². The summed E-state index contributed by atoms with van der Waals surface area (Å²) in [6.07, 6.45) is 12.7. The van der Waals surface area contributed by atoms with Gasteiger partial charge in [-0.15, -0.1) is 0 Å². The monoisotopic (exact) mass is 606 g/mol. The van der Waals surface area contributed by atoms with Crippen LogP contribution in [0.3, 0.4) is 0 Å². The van der Waals surface area contributed by atoms with Crippen LogP contribution in [0.4, 0.5) is 0 Å². The fourth-order valence-electron chi connectivity index (χ4n) is 7.47. The van der Waals surface area contributed by atoms with E-state index in [0.717, 1.165) is 65.8 Å². The van der Waals surface area contributed by atoms with Gasteiger partial charge in [0.15, 0.2) is 0 Å². The second kappa shape index (κ2) is 11.9. The van der Waals surface area contributed by atoms with Crippen molar-refractivity contribution in [3.63, 3.8) is 0 Å². The van der Waals surface area contributed by atoms with Crippen molar-refractivity contribution in [3.8, 4) is 17.0 Å². The number of nitrogens with zero attached hydrogens (tertiary/aromatic N) is 3. The minimum atomic E-state index is -0.976. The van der Waals surface area contributed by atoms with E-state index in [2.05, 4.69) is 53.1 Å². The van der Waals surface area contributed by atoms with Crippen LogP contribution in [0.5, 0.6) is 5.75 Å². The molecule has 0 atom stereocenters. The smallest absolute Gasteiger partial charge is 0.339 e. The summed E-state index contributed by atoms with van der Waals surface area (Å²) in [6, 6.07) is 12.5. The van der Waals surface area contributed by atoms with Gasteiger partial charge in [0.2, 0.25) is 0 Å². The standard InChI is InChI=1S/C37H42N4O4/c1-22(2)19-38-36(42)24-12-14-30-32(18-24)40-21-26(34-31(37(43)44)20-39-41(34)27-10-7-11-27)16-25-17-28(45-3)13-15-29(25)35(40)33(30)23-8-5-4-6-9-23/h12-18,20,22-23,27H,4-11,19,21H2,1-3H3,(H,38,42)(H,43,44). The van der Waals surface area contributed by atoms with Crippen LogP contribution in [0.25, 0.3) is 33.8 Å². The van der Waals surface area contributed by atoms with E-state index in [1.54, 1.807) is 7.11 Å². The fourth-order valence-corrected chi connectivity index (χ4v) is 7.47. The number of allylic oxidation sites excluding steroid dienone is 1. The number of fused-ring (bicyclic) bond motifs is 5. The van der Waals surface area contributed by atoms with Crippen LogP contribution in [-0.2, 0) is 6.54 Å². The third kappa shape index (κ3) is 5.24. The second-order valence-electron chi connectivity index (χ2n) is 13.4. The van der Waals surface area contributed by atoms with Gasteiger partial charge in [-0.1, -0.05) is 39.2 Å². The molecule has 234 valence electrons. The lowest BCUT2D eigenvalue weighted by atomic mass is 9.81. The SMILES string of the molecule is COc1ccc2c(c1)C=C(c1c(C(=O)O)cnn1C1CCC1)Cn1c-2c(C2CCCCC2)c2ccc(C(=O)NCC(C)C)cc21. The first-order valence-corrected chi connectivity index (χ1v) is 16.5. The first-order valence-electron chi connectivity index (χ1n) is 16.5. The third-order valence-electron chi connectivity index (χ3n) is 9.97. The van der Waals surface area contributed by atoms with Crippen LogP contribution in [-0.4, -0.2) is 45.0 Å². The molecule has 7 rings (SSSR count). The molecule has 0 unspecified atom stereocenters. The van der Waals surface area contributed by atoms with Gasteiger partial charge < -0.3 is 19.7 Å². The average molecular weight is 607 g/mol. The summed E-state index contributed by atoms with van der Waals surface area (Å²) in [7, 11) is 1.67. The van der Waals surface area contributed by atoms with Crippen LogP contribution in [0.2, 0.25) is 0 Å². The van der Waals surface area contributed by atoms with Gasteiger partial charge in [-0.3, -0.25) is 9.48 Å². The van der Waals surface area contributed by atoms with Crippen molar-refractivity contribution in [2.75, 3.05) is 13.7 Å². The summed E-state index contributed by atoms with van der Waals surface area (Å²) >= 11 is 0. The van der Waals surface area contributed by atoms with Gasteiger partial charge in [0, 0.05) is 28.6 Å². The molecule has 4 aromatic rings. The number of carboxylic acid groups (broad SMARTS) is 1. The highest BCUT2D eigenvalue weighted by molar-refractivity contribution is 6.04. The Morgan fingerprint density at radius 2 is 1.82 bits per heavy atom. The Balaban J connectivity index is 1.49. The number of carboxylic acids is 1. The van der Waals surface area contributed by atoms with E-state index in [4.69, 9.17) is 4.74 Å². The highest BCUT2D eigenvalue weighted by Gasteiger charge is 2.33.